The van der Waals surface area contributed by atoms with Gasteiger partial charge in [0.2, 0.25) is 0 Å². The number of hydrogen-bond donors (Lipinski definition) is 1. The molecule has 1 saturated heterocycles. The van der Waals surface area contributed by atoms with Crippen LogP contribution in [-0.2, 0) is 9.31 Å². The second-order valence-corrected chi connectivity index (χ2v) is 5.97. The second kappa shape index (κ2) is 5.10. The van der Waals surface area contributed by atoms with Crippen LogP contribution in [0.15, 0.2) is 22.9 Å². The summed E-state index contributed by atoms with van der Waals surface area (Å²) >= 11 is 0. The van der Waals surface area contributed by atoms with E-state index in [0.717, 1.165) is 6.42 Å². The van der Waals surface area contributed by atoms with Gasteiger partial charge in [-0.05, 0) is 48.0 Å². The van der Waals surface area contributed by atoms with Crippen LogP contribution in [0.1, 0.15) is 54.9 Å². The standard InChI is InChI=1S/C14H25BO3/c1-8-10(2)9-12(11(3)16)15-17-13(4,5)14(6,7)18-15/h9,16H,8H2,1-7H3/b10-9?,12-11-. The lowest BCUT2D eigenvalue weighted by Crippen LogP contribution is -2.41. The fourth-order valence-electron chi connectivity index (χ4n) is 1.68. The molecule has 0 unspecified atom stereocenters. The smallest absolute Gasteiger partial charge is 0.498 e. The van der Waals surface area contributed by atoms with E-state index in [1.54, 1.807) is 6.92 Å². The summed E-state index contributed by atoms with van der Waals surface area (Å²) < 4.78 is 11.9. The van der Waals surface area contributed by atoms with E-state index in [-0.39, 0.29) is 17.0 Å². The van der Waals surface area contributed by atoms with Gasteiger partial charge in [-0.3, -0.25) is 0 Å². The Morgan fingerprint density at radius 3 is 1.89 bits per heavy atom. The molecule has 0 aromatic heterocycles. The molecule has 0 saturated carbocycles. The molecule has 0 spiro atoms. The van der Waals surface area contributed by atoms with Gasteiger partial charge in [-0.2, -0.15) is 0 Å². The first-order valence-corrected chi connectivity index (χ1v) is 6.53. The van der Waals surface area contributed by atoms with E-state index < -0.39 is 7.12 Å². The Labute approximate surface area is 111 Å². The van der Waals surface area contributed by atoms with Gasteiger partial charge < -0.3 is 14.4 Å². The molecule has 18 heavy (non-hydrogen) atoms. The Morgan fingerprint density at radius 1 is 1.11 bits per heavy atom. The summed E-state index contributed by atoms with van der Waals surface area (Å²) in [6, 6.07) is 0. The second-order valence-electron chi connectivity index (χ2n) is 5.97. The highest BCUT2D eigenvalue weighted by atomic mass is 16.7. The van der Waals surface area contributed by atoms with Crippen LogP contribution >= 0.6 is 0 Å². The van der Waals surface area contributed by atoms with Crippen molar-refractivity contribution in [1.29, 1.82) is 0 Å². The van der Waals surface area contributed by atoms with Crippen LogP contribution in [0.25, 0.3) is 0 Å². The molecule has 1 rings (SSSR count). The molecule has 0 aromatic carbocycles. The van der Waals surface area contributed by atoms with Gasteiger partial charge in [0, 0.05) is 5.47 Å². The van der Waals surface area contributed by atoms with Crippen LogP contribution < -0.4 is 0 Å². The zero-order valence-corrected chi connectivity index (χ0v) is 12.6. The first-order chi connectivity index (χ1) is 8.10. The van der Waals surface area contributed by atoms with Gasteiger partial charge in [0.05, 0.1) is 17.0 Å². The van der Waals surface area contributed by atoms with Gasteiger partial charge in [0.25, 0.3) is 0 Å². The molecule has 1 aliphatic heterocycles. The maximum absolute atomic E-state index is 9.83. The van der Waals surface area contributed by atoms with Crippen LogP contribution in [0, 0.1) is 0 Å². The Balaban J connectivity index is 3.04. The lowest BCUT2D eigenvalue weighted by Gasteiger charge is -2.32. The van der Waals surface area contributed by atoms with Crippen molar-refractivity contribution in [1.82, 2.24) is 0 Å². The molecule has 0 aromatic rings. The minimum atomic E-state index is -0.499. The molecule has 1 fully saturated rings. The average Bonchev–Trinajstić information content (AvgIpc) is 2.43. The molecule has 1 heterocycles. The maximum atomic E-state index is 9.83. The molecule has 0 atom stereocenters. The van der Waals surface area contributed by atoms with E-state index in [2.05, 4.69) is 6.92 Å². The van der Waals surface area contributed by atoms with Crippen molar-refractivity contribution >= 4 is 7.12 Å². The Kier molecular flexibility index (Phi) is 4.34. The van der Waals surface area contributed by atoms with E-state index in [1.807, 2.05) is 40.7 Å². The summed E-state index contributed by atoms with van der Waals surface area (Å²) in [5.74, 6) is 0.251. The number of rotatable bonds is 3. The van der Waals surface area contributed by atoms with Crippen LogP contribution in [0.4, 0.5) is 0 Å². The Bertz CT molecular complexity index is 361. The van der Waals surface area contributed by atoms with E-state index in [1.165, 1.54) is 5.57 Å². The summed E-state index contributed by atoms with van der Waals surface area (Å²) in [5, 5.41) is 9.83. The van der Waals surface area contributed by atoms with E-state index >= 15 is 0 Å². The summed E-state index contributed by atoms with van der Waals surface area (Å²) in [6.45, 7) is 13.8. The zero-order chi connectivity index (χ0) is 14.1. The van der Waals surface area contributed by atoms with E-state index in [9.17, 15) is 5.11 Å². The molecular weight excluding hydrogens is 227 g/mol. The van der Waals surface area contributed by atoms with Crippen LogP contribution in [0.2, 0.25) is 0 Å². The summed E-state index contributed by atoms with van der Waals surface area (Å²) in [5.41, 5.74) is 1.14. The third-order valence-corrected chi connectivity index (χ3v) is 3.88. The Hall–Kier alpha value is -0.735. The van der Waals surface area contributed by atoms with E-state index in [0.29, 0.717) is 5.47 Å². The molecule has 0 bridgehead atoms. The Morgan fingerprint density at radius 2 is 1.56 bits per heavy atom. The van der Waals surface area contributed by atoms with Crippen molar-refractivity contribution in [2.45, 2.75) is 66.1 Å². The minimum absolute atomic E-state index is 0.251. The quantitative estimate of drug-likeness (QED) is 0.471. The maximum Gasteiger partial charge on any atom is 0.498 e. The molecule has 4 heteroatoms. The van der Waals surface area contributed by atoms with Crippen molar-refractivity contribution in [2.24, 2.45) is 0 Å². The van der Waals surface area contributed by atoms with Gasteiger partial charge >= 0.3 is 7.12 Å². The molecular formula is C14H25BO3. The van der Waals surface area contributed by atoms with Gasteiger partial charge in [0.1, 0.15) is 0 Å². The largest absolute Gasteiger partial charge is 0.513 e. The van der Waals surface area contributed by atoms with Gasteiger partial charge in [-0.25, -0.2) is 0 Å². The number of aliphatic hydroxyl groups is 1. The SMILES string of the molecule is CCC(C)=C/C(B1OC(C)(C)C(C)(C)O1)=C(\C)O. The van der Waals surface area contributed by atoms with Crippen molar-refractivity contribution in [3.63, 3.8) is 0 Å². The minimum Gasteiger partial charge on any atom is -0.513 e. The van der Waals surface area contributed by atoms with Crippen molar-refractivity contribution in [3.8, 4) is 0 Å². The summed E-state index contributed by atoms with van der Waals surface area (Å²) in [4.78, 5) is 0. The monoisotopic (exact) mass is 252 g/mol. The zero-order valence-electron chi connectivity index (χ0n) is 12.6. The molecule has 0 amide bonds. The lowest BCUT2D eigenvalue weighted by molar-refractivity contribution is 0.00578. The van der Waals surface area contributed by atoms with Gasteiger partial charge in [0.15, 0.2) is 0 Å². The fraction of sp³-hybridized carbons (Fsp3) is 0.714. The summed E-state index contributed by atoms with van der Waals surface area (Å²) in [7, 11) is -0.499. The first-order valence-electron chi connectivity index (χ1n) is 6.53. The van der Waals surface area contributed by atoms with Crippen LogP contribution in [0.3, 0.4) is 0 Å². The van der Waals surface area contributed by atoms with E-state index in [4.69, 9.17) is 9.31 Å². The third-order valence-electron chi connectivity index (χ3n) is 3.88. The lowest BCUT2D eigenvalue weighted by atomic mass is 9.76. The molecule has 1 aliphatic rings. The highest BCUT2D eigenvalue weighted by Crippen LogP contribution is 2.39. The van der Waals surface area contributed by atoms with Crippen molar-refractivity contribution < 1.29 is 14.4 Å². The first kappa shape index (κ1) is 15.3. The molecule has 3 nitrogen and oxygen atoms in total. The molecule has 1 N–H and O–H groups in total. The number of hydrogen-bond acceptors (Lipinski definition) is 3. The van der Waals surface area contributed by atoms with Crippen molar-refractivity contribution in [2.75, 3.05) is 0 Å². The highest BCUT2D eigenvalue weighted by molar-refractivity contribution is 6.55. The van der Waals surface area contributed by atoms with Crippen LogP contribution in [0.5, 0.6) is 0 Å². The van der Waals surface area contributed by atoms with Gasteiger partial charge in [-0.15, -0.1) is 0 Å². The number of aliphatic hydroxyl groups excluding tert-OH is 1. The van der Waals surface area contributed by atoms with Gasteiger partial charge in [-0.1, -0.05) is 18.6 Å². The third kappa shape index (κ3) is 2.98. The molecule has 0 aliphatic carbocycles. The average molecular weight is 252 g/mol. The molecule has 0 radical (unpaired) electrons. The predicted molar refractivity (Wildman–Crippen MR) is 75.5 cm³/mol. The normalized spacial score (nSPS) is 24.2. The topological polar surface area (TPSA) is 38.7 Å². The van der Waals surface area contributed by atoms with Crippen LogP contribution in [-0.4, -0.2) is 23.4 Å². The molecule has 102 valence electrons. The predicted octanol–water partition coefficient (Wildman–Crippen LogP) is 3.81. The summed E-state index contributed by atoms with van der Waals surface area (Å²) in [6.07, 6.45) is 2.90. The highest BCUT2D eigenvalue weighted by Gasteiger charge is 2.52. The number of allylic oxidation sites excluding steroid dienone is 4. The van der Waals surface area contributed by atoms with Crippen molar-refractivity contribution in [3.05, 3.63) is 22.9 Å². The fourth-order valence-corrected chi connectivity index (χ4v) is 1.68.